The van der Waals surface area contributed by atoms with Crippen molar-refractivity contribution >= 4 is 23.3 Å². The Hall–Kier alpha value is -4.21. The van der Waals surface area contributed by atoms with Crippen LogP contribution in [0.15, 0.2) is 34.9 Å². The van der Waals surface area contributed by atoms with Gasteiger partial charge in [-0.25, -0.2) is 9.78 Å². The fraction of sp³-hybridized carbons (Fsp3) is 0.452. The molecule has 2 aliphatic heterocycles. The Balaban J connectivity index is 1.29. The molecule has 1 saturated carbocycles. The fourth-order valence-corrected chi connectivity index (χ4v) is 5.58. The number of carbonyl (C=O) groups is 2. The maximum atomic E-state index is 13.8. The summed E-state index contributed by atoms with van der Waals surface area (Å²) in [5.41, 5.74) is 4.49. The number of hydrogen-bond acceptors (Lipinski definition) is 8. The second kappa shape index (κ2) is 10.3. The van der Waals surface area contributed by atoms with Crippen molar-refractivity contribution in [1.29, 1.82) is 5.41 Å². The lowest BCUT2D eigenvalue weighted by atomic mass is 9.84. The summed E-state index contributed by atoms with van der Waals surface area (Å²) in [5.74, 6) is 0.544. The number of rotatable bonds is 9. The summed E-state index contributed by atoms with van der Waals surface area (Å²) in [6, 6.07) is 9.28. The SMILES string of the molecule is CC(C)(C)c1cc(C(=O)CN2Cc3ccc(C4CC4)nc3C2=N)cc(N2CCCC2)c1OCc1cc(C(=O)O)no1. The Morgan fingerprint density at radius 3 is 2.56 bits per heavy atom. The lowest BCUT2D eigenvalue weighted by Gasteiger charge is -2.29. The molecule has 6 rings (SSSR count). The molecule has 214 valence electrons. The van der Waals surface area contributed by atoms with E-state index in [0.717, 1.165) is 61.3 Å². The van der Waals surface area contributed by atoms with Gasteiger partial charge in [0, 0.05) is 54.0 Å². The van der Waals surface area contributed by atoms with Crippen LogP contribution in [-0.4, -0.2) is 57.4 Å². The van der Waals surface area contributed by atoms with Crippen molar-refractivity contribution in [2.75, 3.05) is 24.5 Å². The van der Waals surface area contributed by atoms with Crippen molar-refractivity contribution in [1.82, 2.24) is 15.0 Å². The molecule has 1 aromatic carbocycles. The van der Waals surface area contributed by atoms with Crippen molar-refractivity contribution in [3.63, 3.8) is 0 Å². The zero-order valence-corrected chi connectivity index (χ0v) is 23.7. The highest BCUT2D eigenvalue weighted by atomic mass is 16.5. The zero-order valence-electron chi connectivity index (χ0n) is 23.7. The van der Waals surface area contributed by atoms with Crippen LogP contribution in [0.4, 0.5) is 5.69 Å². The minimum Gasteiger partial charge on any atom is -0.483 e. The Bertz CT molecular complexity index is 1530. The first-order valence-corrected chi connectivity index (χ1v) is 14.2. The Kier molecular flexibility index (Phi) is 6.79. The molecule has 1 saturated heterocycles. The highest BCUT2D eigenvalue weighted by Crippen LogP contribution is 2.42. The minimum absolute atomic E-state index is 0.0105. The standard InChI is InChI=1S/C31H35N5O5/c1-31(2,3)22-12-20(26(37)16-36-15-19-8-9-23(18-6-7-18)33-27(19)29(36)32)13-25(35-10-4-5-11-35)28(22)40-17-21-14-24(30(38)39)34-41-21/h8-9,12-14,18,32H,4-7,10-11,15-17H2,1-3H3,(H,38,39). The molecule has 2 aromatic heterocycles. The molecule has 0 radical (unpaired) electrons. The summed E-state index contributed by atoms with van der Waals surface area (Å²) < 4.78 is 11.5. The molecule has 0 atom stereocenters. The highest BCUT2D eigenvalue weighted by molar-refractivity contribution is 6.05. The third kappa shape index (κ3) is 5.42. The summed E-state index contributed by atoms with van der Waals surface area (Å²) in [6.07, 6.45) is 4.40. The number of carboxylic acids is 1. The predicted octanol–water partition coefficient (Wildman–Crippen LogP) is 5.15. The molecule has 10 nitrogen and oxygen atoms in total. The Labute approximate surface area is 238 Å². The number of nitrogens with zero attached hydrogens (tertiary/aromatic N) is 4. The second-order valence-electron chi connectivity index (χ2n) is 12.2. The maximum absolute atomic E-state index is 13.8. The molecule has 0 bridgehead atoms. The molecule has 41 heavy (non-hydrogen) atoms. The highest BCUT2D eigenvalue weighted by Gasteiger charge is 2.33. The number of fused-ring (bicyclic) bond motifs is 1. The number of carbonyl (C=O) groups excluding carboxylic acids is 1. The molecule has 0 spiro atoms. The average molecular weight is 558 g/mol. The number of pyridine rings is 1. The number of benzene rings is 1. The summed E-state index contributed by atoms with van der Waals surface area (Å²) in [7, 11) is 0. The summed E-state index contributed by atoms with van der Waals surface area (Å²) in [4.78, 5) is 33.8. The van der Waals surface area contributed by atoms with Crippen LogP contribution in [-0.2, 0) is 18.6 Å². The van der Waals surface area contributed by atoms with Gasteiger partial charge in [-0.3, -0.25) is 10.2 Å². The first-order valence-electron chi connectivity index (χ1n) is 14.2. The largest absolute Gasteiger partial charge is 0.483 e. The molecular formula is C31H35N5O5. The number of Topliss-reactive ketones (excluding diaryl/α,β-unsaturated/α-hetero) is 1. The van der Waals surface area contributed by atoms with Gasteiger partial charge in [-0.15, -0.1) is 0 Å². The van der Waals surface area contributed by atoms with Gasteiger partial charge in [0.1, 0.15) is 23.9 Å². The number of anilines is 1. The van der Waals surface area contributed by atoms with Gasteiger partial charge in [0.15, 0.2) is 17.2 Å². The van der Waals surface area contributed by atoms with E-state index in [1.54, 1.807) is 4.90 Å². The molecule has 4 heterocycles. The molecule has 2 N–H and O–H groups in total. The smallest absolute Gasteiger partial charge is 0.358 e. The van der Waals surface area contributed by atoms with Crippen molar-refractivity contribution in [3.05, 3.63) is 69.9 Å². The summed E-state index contributed by atoms with van der Waals surface area (Å²) in [6.45, 7) is 8.52. The van der Waals surface area contributed by atoms with Crippen LogP contribution in [0.5, 0.6) is 5.75 Å². The third-order valence-corrected chi connectivity index (χ3v) is 8.02. The van der Waals surface area contributed by atoms with Crippen molar-refractivity contribution in [2.45, 2.75) is 70.9 Å². The molecule has 3 aliphatic rings. The van der Waals surface area contributed by atoms with Gasteiger partial charge in [-0.1, -0.05) is 32.0 Å². The normalized spacial score (nSPS) is 16.8. The number of hydrogen-bond donors (Lipinski definition) is 2. The van der Waals surface area contributed by atoms with E-state index < -0.39 is 5.97 Å². The molecule has 0 amide bonds. The van der Waals surface area contributed by atoms with Gasteiger partial charge in [0.25, 0.3) is 0 Å². The van der Waals surface area contributed by atoms with Gasteiger partial charge in [0.05, 0.1) is 12.2 Å². The molecule has 3 aromatic rings. The van der Waals surface area contributed by atoms with E-state index in [4.69, 9.17) is 19.7 Å². The quantitative estimate of drug-likeness (QED) is 0.343. The minimum atomic E-state index is -1.16. The van der Waals surface area contributed by atoms with E-state index in [1.807, 2.05) is 12.1 Å². The molecular weight excluding hydrogens is 522 g/mol. The monoisotopic (exact) mass is 557 g/mol. The summed E-state index contributed by atoms with van der Waals surface area (Å²) in [5, 5.41) is 21.5. The van der Waals surface area contributed by atoms with Gasteiger partial charge in [0.2, 0.25) is 0 Å². The molecule has 2 fully saturated rings. The molecule has 10 heteroatoms. The Morgan fingerprint density at radius 2 is 1.90 bits per heavy atom. The van der Waals surface area contributed by atoms with Gasteiger partial charge in [-0.05, 0) is 49.3 Å². The summed E-state index contributed by atoms with van der Waals surface area (Å²) >= 11 is 0. The number of ketones is 1. The molecule has 1 aliphatic carbocycles. The second-order valence-corrected chi connectivity index (χ2v) is 12.2. The van der Waals surface area contributed by atoms with Gasteiger partial charge < -0.3 is 24.2 Å². The van der Waals surface area contributed by atoms with Crippen LogP contribution < -0.4 is 9.64 Å². The number of carboxylic acid groups (broad SMARTS) is 1. The van der Waals surface area contributed by atoms with Crippen LogP contribution in [0, 0.1) is 5.41 Å². The van der Waals surface area contributed by atoms with Crippen molar-refractivity contribution in [3.8, 4) is 5.75 Å². The van der Waals surface area contributed by atoms with Crippen LogP contribution in [0.25, 0.3) is 0 Å². The number of aromatic nitrogens is 2. The maximum Gasteiger partial charge on any atom is 0.358 e. The van der Waals surface area contributed by atoms with E-state index >= 15 is 0 Å². The van der Waals surface area contributed by atoms with Crippen molar-refractivity contribution < 1.29 is 24.0 Å². The van der Waals surface area contributed by atoms with Crippen LogP contribution in [0.2, 0.25) is 0 Å². The van der Waals surface area contributed by atoms with E-state index in [9.17, 15) is 14.7 Å². The van der Waals surface area contributed by atoms with Gasteiger partial charge in [-0.2, -0.15) is 0 Å². The van der Waals surface area contributed by atoms with E-state index in [2.05, 4.69) is 43.0 Å². The van der Waals surface area contributed by atoms with E-state index in [-0.39, 0.29) is 30.0 Å². The fourth-order valence-electron chi connectivity index (χ4n) is 5.58. The number of amidine groups is 1. The lowest BCUT2D eigenvalue weighted by molar-refractivity contribution is 0.0685. The van der Waals surface area contributed by atoms with E-state index in [1.165, 1.54) is 6.07 Å². The molecule has 0 unspecified atom stereocenters. The first-order chi connectivity index (χ1) is 19.6. The van der Waals surface area contributed by atoms with Crippen molar-refractivity contribution in [2.24, 2.45) is 0 Å². The van der Waals surface area contributed by atoms with Gasteiger partial charge >= 0.3 is 5.97 Å². The number of ether oxygens (including phenoxy) is 1. The van der Waals surface area contributed by atoms with Crippen LogP contribution in [0.3, 0.4) is 0 Å². The first kappa shape index (κ1) is 27.0. The third-order valence-electron chi connectivity index (χ3n) is 8.02. The number of aromatic carboxylic acids is 1. The topological polar surface area (TPSA) is 133 Å². The van der Waals surface area contributed by atoms with E-state index in [0.29, 0.717) is 41.1 Å². The van der Waals surface area contributed by atoms with Crippen LogP contribution in [0.1, 0.15) is 101 Å². The lowest BCUT2D eigenvalue weighted by Crippen LogP contribution is -2.31. The average Bonchev–Trinajstić information content (AvgIpc) is 3.31. The Morgan fingerprint density at radius 1 is 1.15 bits per heavy atom. The predicted molar refractivity (Wildman–Crippen MR) is 152 cm³/mol. The zero-order chi connectivity index (χ0) is 28.9. The van der Waals surface area contributed by atoms with Crippen LogP contribution >= 0.6 is 0 Å². The number of nitrogens with one attached hydrogen (secondary N) is 1.